The Morgan fingerprint density at radius 2 is 1.21 bits per heavy atom. The molecule has 48 heavy (non-hydrogen) atoms. The van der Waals surface area contributed by atoms with Crippen LogP contribution in [0.25, 0.3) is 22.8 Å². The summed E-state index contributed by atoms with van der Waals surface area (Å²) in [4.78, 5) is 8.72. The fourth-order valence-electron chi connectivity index (χ4n) is 3.88. The SMILES string of the molecule is CSc1nc(-c2ccc(Br)cc2Cl)nn1COCC[Si](C)(C)C.C[Si](C)(C)CCOCn1nc(-c2ccc(Br)cc2Cl)nc1S(C)(=O)=O. The van der Waals surface area contributed by atoms with Crippen molar-refractivity contribution in [2.45, 2.75) is 75.1 Å². The molecule has 2 aromatic heterocycles. The van der Waals surface area contributed by atoms with E-state index in [1.807, 2.05) is 24.5 Å². The van der Waals surface area contributed by atoms with Gasteiger partial charge in [0.15, 0.2) is 16.8 Å². The number of ether oxygens (including phenoxy) is 2. The molecular formula is C30H42Br2Cl2N6O4S2Si2. The third-order valence-corrected chi connectivity index (χ3v) is 13.2. The van der Waals surface area contributed by atoms with E-state index in [-0.39, 0.29) is 17.7 Å². The van der Waals surface area contributed by atoms with E-state index in [1.54, 1.807) is 34.6 Å². The third-order valence-electron chi connectivity index (χ3n) is 6.55. The van der Waals surface area contributed by atoms with Crippen LogP contribution in [0.1, 0.15) is 0 Å². The molecule has 2 aromatic carbocycles. The highest BCUT2D eigenvalue weighted by Gasteiger charge is 2.22. The van der Waals surface area contributed by atoms with Crippen LogP contribution in [0.15, 0.2) is 55.7 Å². The van der Waals surface area contributed by atoms with Crippen molar-refractivity contribution < 1.29 is 17.9 Å². The highest BCUT2D eigenvalue weighted by molar-refractivity contribution is 9.10. The first-order chi connectivity index (χ1) is 22.3. The van der Waals surface area contributed by atoms with Crippen molar-refractivity contribution >= 4 is 92.8 Å². The molecule has 0 bridgehead atoms. The molecule has 0 radical (unpaired) electrons. The summed E-state index contributed by atoms with van der Waals surface area (Å²) in [5.41, 5.74) is 1.39. The van der Waals surface area contributed by atoms with Gasteiger partial charge >= 0.3 is 0 Å². The van der Waals surface area contributed by atoms with Crippen LogP contribution in [0.2, 0.25) is 61.4 Å². The number of sulfone groups is 1. The zero-order valence-electron chi connectivity index (χ0n) is 28.4. The van der Waals surface area contributed by atoms with E-state index in [0.717, 1.165) is 44.6 Å². The standard InChI is InChI=1S/C15H21BrClN3O3SSi.C15H21BrClN3OSSi/c1-24(21,22)15-18-14(12-6-5-11(16)9-13(12)17)19-20(15)10-23-7-8-25(2,3)4;1-22-15-18-14(12-6-5-11(16)9-13(12)17)19-20(15)10-21-7-8-23(2,3)4/h5-6,9H,7-8,10H2,1-4H3;5-6,9H,7-8,10H2,1-4H3. The number of halogens is 4. The van der Waals surface area contributed by atoms with E-state index < -0.39 is 26.0 Å². The molecule has 0 N–H and O–H groups in total. The molecular weight excluding hydrogens is 859 g/mol. The second-order valence-electron chi connectivity index (χ2n) is 13.4. The molecule has 0 saturated heterocycles. The second kappa shape index (κ2) is 17.9. The normalized spacial score (nSPS) is 12.2. The van der Waals surface area contributed by atoms with Gasteiger partial charge in [-0.2, -0.15) is 4.98 Å². The highest BCUT2D eigenvalue weighted by atomic mass is 79.9. The fraction of sp³-hybridized carbons (Fsp3) is 0.467. The Kier molecular flexibility index (Phi) is 15.4. The lowest BCUT2D eigenvalue weighted by Gasteiger charge is -2.15. The summed E-state index contributed by atoms with van der Waals surface area (Å²) in [7, 11) is -5.83. The Morgan fingerprint density at radius 3 is 1.62 bits per heavy atom. The summed E-state index contributed by atoms with van der Waals surface area (Å²) in [6.07, 6.45) is 3.08. The van der Waals surface area contributed by atoms with E-state index in [1.165, 1.54) is 4.68 Å². The van der Waals surface area contributed by atoms with E-state index in [4.69, 9.17) is 32.7 Å². The van der Waals surface area contributed by atoms with Crippen LogP contribution in [0.3, 0.4) is 0 Å². The molecule has 264 valence electrons. The maximum atomic E-state index is 12.0. The van der Waals surface area contributed by atoms with Crippen LogP contribution in [0, 0.1) is 0 Å². The van der Waals surface area contributed by atoms with Crippen molar-refractivity contribution in [1.82, 2.24) is 29.5 Å². The Morgan fingerprint density at radius 1 is 0.771 bits per heavy atom. The zero-order valence-corrected chi connectivity index (χ0v) is 36.7. The smallest absolute Gasteiger partial charge is 0.248 e. The van der Waals surface area contributed by atoms with Gasteiger partial charge < -0.3 is 9.47 Å². The fourth-order valence-corrected chi connectivity index (χ4v) is 8.12. The average Bonchev–Trinajstić information content (AvgIpc) is 3.57. The first kappa shape index (κ1) is 41.3. The molecule has 0 spiro atoms. The monoisotopic (exact) mass is 898 g/mol. The minimum atomic E-state index is -3.54. The number of thioether (sulfide) groups is 1. The van der Waals surface area contributed by atoms with Gasteiger partial charge in [-0.1, -0.05) is 106 Å². The second-order valence-corrected chi connectivity index (χ2v) is 29.9. The lowest BCUT2D eigenvalue weighted by atomic mass is 10.2. The topological polar surface area (TPSA) is 114 Å². The Hall–Kier alpha value is -1.09. The van der Waals surface area contributed by atoms with Crippen molar-refractivity contribution in [3.63, 3.8) is 0 Å². The van der Waals surface area contributed by atoms with Crippen LogP contribution in [-0.4, -0.2) is 79.8 Å². The van der Waals surface area contributed by atoms with Crippen LogP contribution in [0.5, 0.6) is 0 Å². The number of rotatable bonds is 14. The first-order valence-electron chi connectivity index (χ1n) is 15.0. The summed E-state index contributed by atoms with van der Waals surface area (Å²) >= 11 is 20.8. The van der Waals surface area contributed by atoms with Gasteiger partial charge in [0, 0.05) is 55.7 Å². The van der Waals surface area contributed by atoms with Gasteiger partial charge in [0.25, 0.3) is 0 Å². The van der Waals surface area contributed by atoms with Gasteiger partial charge in [-0.15, -0.1) is 10.2 Å². The Balaban J connectivity index is 0.000000261. The predicted molar refractivity (Wildman–Crippen MR) is 209 cm³/mol. The lowest BCUT2D eigenvalue weighted by molar-refractivity contribution is 0.0715. The van der Waals surface area contributed by atoms with Gasteiger partial charge in [-0.3, -0.25) is 0 Å². The molecule has 0 saturated carbocycles. The predicted octanol–water partition coefficient (Wildman–Crippen LogP) is 9.47. The number of benzene rings is 2. The molecule has 4 aromatic rings. The molecule has 0 aliphatic heterocycles. The van der Waals surface area contributed by atoms with Crippen LogP contribution in [0.4, 0.5) is 0 Å². The summed E-state index contributed by atoms with van der Waals surface area (Å²) in [6, 6.07) is 13.1. The van der Waals surface area contributed by atoms with Crippen molar-refractivity contribution in [2.75, 3.05) is 25.7 Å². The maximum absolute atomic E-state index is 12.0. The van der Waals surface area contributed by atoms with Gasteiger partial charge in [0.1, 0.15) is 13.5 Å². The molecule has 0 aliphatic carbocycles. The first-order valence-corrected chi connectivity index (χ1v) is 27.8. The quantitative estimate of drug-likeness (QED) is 0.0694. The maximum Gasteiger partial charge on any atom is 0.248 e. The molecule has 4 rings (SSSR count). The Labute approximate surface area is 316 Å². The lowest BCUT2D eigenvalue weighted by Crippen LogP contribution is -2.22. The minimum absolute atomic E-state index is 0.0357. The Bertz CT molecular complexity index is 1800. The average molecular weight is 902 g/mol. The van der Waals surface area contributed by atoms with Crippen molar-refractivity contribution in [2.24, 2.45) is 0 Å². The molecule has 0 unspecified atom stereocenters. The molecule has 18 heteroatoms. The summed E-state index contributed by atoms with van der Waals surface area (Å²) in [5.74, 6) is 0.882. The summed E-state index contributed by atoms with van der Waals surface area (Å²) in [6.45, 7) is 15.6. The third kappa shape index (κ3) is 13.2. The molecule has 10 nitrogen and oxygen atoms in total. The van der Waals surface area contributed by atoms with Crippen LogP contribution >= 0.6 is 66.8 Å². The molecule has 0 amide bonds. The summed E-state index contributed by atoms with van der Waals surface area (Å²) < 4.78 is 40.3. The van der Waals surface area contributed by atoms with Gasteiger partial charge in [-0.25, -0.2) is 22.8 Å². The van der Waals surface area contributed by atoms with E-state index >= 15 is 0 Å². The highest BCUT2D eigenvalue weighted by Crippen LogP contribution is 2.31. The molecule has 0 aliphatic rings. The van der Waals surface area contributed by atoms with E-state index in [2.05, 4.69) is 91.3 Å². The van der Waals surface area contributed by atoms with Crippen LogP contribution < -0.4 is 0 Å². The van der Waals surface area contributed by atoms with Crippen molar-refractivity contribution in [3.05, 3.63) is 55.4 Å². The van der Waals surface area contributed by atoms with E-state index in [0.29, 0.717) is 34.8 Å². The zero-order chi connectivity index (χ0) is 35.9. The summed E-state index contributed by atoms with van der Waals surface area (Å²) in [5, 5.41) is 10.6. The van der Waals surface area contributed by atoms with Crippen molar-refractivity contribution in [1.29, 1.82) is 0 Å². The van der Waals surface area contributed by atoms with Crippen LogP contribution in [-0.2, 0) is 32.8 Å². The van der Waals surface area contributed by atoms with Gasteiger partial charge in [-0.05, 0) is 54.7 Å². The van der Waals surface area contributed by atoms with Crippen molar-refractivity contribution in [3.8, 4) is 22.8 Å². The minimum Gasteiger partial charge on any atom is -0.359 e. The van der Waals surface area contributed by atoms with Gasteiger partial charge in [0.05, 0.1) is 10.0 Å². The number of hydrogen-bond acceptors (Lipinski definition) is 9. The number of hydrogen-bond donors (Lipinski definition) is 0. The number of nitrogens with zero attached hydrogens (tertiary/aromatic N) is 6. The van der Waals surface area contributed by atoms with E-state index in [9.17, 15) is 8.42 Å². The molecule has 0 fully saturated rings. The molecule has 0 atom stereocenters. The number of aromatic nitrogens is 6. The van der Waals surface area contributed by atoms with Gasteiger partial charge in [0.2, 0.25) is 15.0 Å². The molecule has 2 heterocycles. The largest absolute Gasteiger partial charge is 0.359 e.